The van der Waals surface area contributed by atoms with E-state index in [9.17, 15) is 19.8 Å². The summed E-state index contributed by atoms with van der Waals surface area (Å²) in [4.78, 5) is 24.5. The SMILES string of the molecule is CCCCCC/C=C\CCCCCCCC(=O)OCCCCCCCCCCCCCC/C=C\CCCCCCCCCCCCCCCCCC(=O)NC(CO)C(O)CCCCCCCCCCCCCC. The van der Waals surface area contributed by atoms with Crippen molar-refractivity contribution in [3.8, 4) is 0 Å². The summed E-state index contributed by atoms with van der Waals surface area (Å²) < 4.78 is 5.48. The van der Waals surface area contributed by atoms with Crippen LogP contribution in [0.2, 0.25) is 0 Å². The van der Waals surface area contributed by atoms with Gasteiger partial charge < -0.3 is 20.3 Å². The van der Waals surface area contributed by atoms with Crippen molar-refractivity contribution in [1.82, 2.24) is 5.32 Å². The summed E-state index contributed by atoms with van der Waals surface area (Å²) in [5.41, 5.74) is 0. The zero-order valence-corrected chi connectivity index (χ0v) is 49.4. The number of hydrogen-bond acceptors (Lipinski definition) is 5. The minimum absolute atomic E-state index is 0.00868. The number of carbonyl (C=O) groups is 2. The molecule has 0 aromatic carbocycles. The Kier molecular flexibility index (Phi) is 61.4. The number of rotatable bonds is 62. The Bertz CT molecular complexity index is 1140. The molecule has 0 bridgehead atoms. The lowest BCUT2D eigenvalue weighted by molar-refractivity contribution is -0.143. The van der Waals surface area contributed by atoms with Crippen LogP contribution < -0.4 is 5.32 Å². The van der Waals surface area contributed by atoms with Gasteiger partial charge in [-0.15, -0.1) is 0 Å². The van der Waals surface area contributed by atoms with Crippen molar-refractivity contribution in [1.29, 1.82) is 0 Å². The molecule has 73 heavy (non-hydrogen) atoms. The van der Waals surface area contributed by atoms with E-state index >= 15 is 0 Å². The molecule has 0 aliphatic carbocycles. The Morgan fingerprint density at radius 2 is 0.644 bits per heavy atom. The quantitative estimate of drug-likeness (QED) is 0.0320. The summed E-state index contributed by atoms with van der Waals surface area (Å²) in [6, 6.07) is -0.538. The second-order valence-electron chi connectivity index (χ2n) is 22.8. The minimum Gasteiger partial charge on any atom is -0.466 e. The standard InChI is InChI=1S/C67H129NO5/c1-3-5-7-9-11-13-15-36-41-45-49-53-57-61-67(72)73-62-58-54-50-46-42-38-35-33-31-29-27-25-23-21-19-17-18-20-22-24-26-28-30-32-34-37-40-44-48-52-56-60-66(71)68-64(63-69)65(70)59-55-51-47-43-39-16-14-12-10-8-6-4-2/h13,15,19,21,64-65,69-70H,3-12,14,16-18,20,22-63H2,1-2H3,(H,68,71)/b15-13-,21-19-. The molecule has 2 unspecified atom stereocenters. The fraction of sp³-hybridized carbons (Fsp3) is 0.910. The first kappa shape index (κ1) is 71.3. The molecule has 0 saturated heterocycles. The highest BCUT2D eigenvalue weighted by atomic mass is 16.5. The number of aliphatic hydroxyl groups excluding tert-OH is 2. The monoisotopic (exact) mass is 1030 g/mol. The van der Waals surface area contributed by atoms with E-state index in [0.29, 0.717) is 25.9 Å². The van der Waals surface area contributed by atoms with E-state index in [1.54, 1.807) is 0 Å². The molecule has 0 spiro atoms. The predicted octanol–water partition coefficient (Wildman–Crippen LogP) is 21.0. The summed E-state index contributed by atoms with van der Waals surface area (Å²) in [5, 5.41) is 23.2. The van der Waals surface area contributed by atoms with Gasteiger partial charge in [0.05, 0.1) is 25.4 Å². The maximum Gasteiger partial charge on any atom is 0.305 e. The van der Waals surface area contributed by atoms with E-state index in [2.05, 4.69) is 43.5 Å². The van der Waals surface area contributed by atoms with E-state index in [1.807, 2.05) is 0 Å². The van der Waals surface area contributed by atoms with Crippen LogP contribution in [0.5, 0.6) is 0 Å². The van der Waals surface area contributed by atoms with E-state index < -0.39 is 12.1 Å². The lowest BCUT2D eigenvalue weighted by Gasteiger charge is -2.22. The maximum atomic E-state index is 12.5. The average Bonchev–Trinajstić information content (AvgIpc) is 3.39. The van der Waals surface area contributed by atoms with E-state index in [0.717, 1.165) is 44.9 Å². The summed E-state index contributed by atoms with van der Waals surface area (Å²) in [6.07, 6.45) is 77.9. The fourth-order valence-corrected chi connectivity index (χ4v) is 10.4. The van der Waals surface area contributed by atoms with Gasteiger partial charge in [-0.25, -0.2) is 0 Å². The van der Waals surface area contributed by atoms with Crippen molar-refractivity contribution in [3.63, 3.8) is 0 Å². The molecule has 0 aliphatic heterocycles. The molecule has 0 heterocycles. The van der Waals surface area contributed by atoms with Gasteiger partial charge in [0.25, 0.3) is 0 Å². The number of ether oxygens (including phenoxy) is 1. The Labute approximate surface area is 456 Å². The van der Waals surface area contributed by atoms with Crippen LogP contribution in [-0.4, -0.2) is 47.4 Å². The number of allylic oxidation sites excluding steroid dienone is 4. The van der Waals surface area contributed by atoms with Crippen molar-refractivity contribution in [2.75, 3.05) is 13.2 Å². The number of carbonyl (C=O) groups excluding carboxylic acids is 2. The highest BCUT2D eigenvalue weighted by molar-refractivity contribution is 5.76. The normalized spacial score (nSPS) is 12.7. The molecule has 0 aliphatic rings. The molecule has 1 amide bonds. The molecule has 0 rings (SSSR count). The largest absolute Gasteiger partial charge is 0.466 e. The molecule has 0 radical (unpaired) electrons. The van der Waals surface area contributed by atoms with Gasteiger partial charge in [-0.2, -0.15) is 0 Å². The van der Waals surface area contributed by atoms with Crippen LogP contribution in [-0.2, 0) is 14.3 Å². The topological polar surface area (TPSA) is 95.9 Å². The van der Waals surface area contributed by atoms with Crippen molar-refractivity contribution in [2.45, 2.75) is 379 Å². The van der Waals surface area contributed by atoms with Gasteiger partial charge in [-0.3, -0.25) is 9.59 Å². The Hall–Kier alpha value is -1.66. The van der Waals surface area contributed by atoms with Crippen LogP contribution in [0.4, 0.5) is 0 Å². The van der Waals surface area contributed by atoms with E-state index in [4.69, 9.17) is 4.74 Å². The van der Waals surface area contributed by atoms with Gasteiger partial charge in [0, 0.05) is 12.8 Å². The second kappa shape index (κ2) is 62.9. The van der Waals surface area contributed by atoms with Gasteiger partial charge in [-0.05, 0) is 77.0 Å². The Balaban J connectivity index is 3.34. The smallest absolute Gasteiger partial charge is 0.305 e. The summed E-state index contributed by atoms with van der Waals surface area (Å²) in [7, 11) is 0. The number of unbranched alkanes of at least 4 members (excludes halogenated alkanes) is 47. The summed E-state index contributed by atoms with van der Waals surface area (Å²) >= 11 is 0. The highest BCUT2D eigenvalue weighted by Crippen LogP contribution is 2.18. The van der Waals surface area contributed by atoms with Gasteiger partial charge in [0.2, 0.25) is 5.91 Å². The third-order valence-electron chi connectivity index (χ3n) is 15.5. The van der Waals surface area contributed by atoms with E-state index in [-0.39, 0.29) is 18.5 Å². The van der Waals surface area contributed by atoms with Crippen molar-refractivity contribution in [3.05, 3.63) is 24.3 Å². The van der Waals surface area contributed by atoms with Crippen molar-refractivity contribution >= 4 is 11.9 Å². The predicted molar refractivity (Wildman–Crippen MR) is 320 cm³/mol. The molecular formula is C67H129NO5. The third-order valence-corrected chi connectivity index (χ3v) is 15.5. The molecule has 2 atom stereocenters. The Morgan fingerprint density at radius 1 is 0.370 bits per heavy atom. The average molecular weight is 1030 g/mol. The van der Waals surface area contributed by atoms with Crippen LogP contribution in [0.15, 0.2) is 24.3 Å². The van der Waals surface area contributed by atoms with Crippen LogP contribution in [0.3, 0.4) is 0 Å². The first-order valence-corrected chi connectivity index (χ1v) is 33.1. The lowest BCUT2D eigenvalue weighted by Crippen LogP contribution is -2.45. The minimum atomic E-state index is -0.661. The van der Waals surface area contributed by atoms with E-state index in [1.165, 1.54) is 289 Å². The molecule has 0 aromatic rings. The first-order valence-electron chi connectivity index (χ1n) is 33.1. The molecule has 0 saturated carbocycles. The lowest BCUT2D eigenvalue weighted by atomic mass is 10.0. The number of nitrogens with one attached hydrogen (secondary N) is 1. The molecule has 432 valence electrons. The van der Waals surface area contributed by atoms with Gasteiger partial charge in [-0.1, -0.05) is 301 Å². The summed E-state index contributed by atoms with van der Waals surface area (Å²) in [5.74, 6) is -0.0231. The maximum absolute atomic E-state index is 12.5. The molecule has 6 nitrogen and oxygen atoms in total. The van der Waals surface area contributed by atoms with Gasteiger partial charge in [0.15, 0.2) is 0 Å². The molecule has 0 fully saturated rings. The van der Waals surface area contributed by atoms with Crippen molar-refractivity contribution in [2.24, 2.45) is 0 Å². The highest BCUT2D eigenvalue weighted by Gasteiger charge is 2.20. The molecule has 6 heteroatoms. The number of aliphatic hydroxyl groups is 2. The number of esters is 1. The molecule has 3 N–H and O–H groups in total. The van der Waals surface area contributed by atoms with Gasteiger partial charge in [0.1, 0.15) is 0 Å². The fourth-order valence-electron chi connectivity index (χ4n) is 10.4. The zero-order chi connectivity index (χ0) is 52.9. The van der Waals surface area contributed by atoms with Crippen LogP contribution in [0.25, 0.3) is 0 Å². The van der Waals surface area contributed by atoms with Gasteiger partial charge >= 0.3 is 5.97 Å². The molecule has 0 aromatic heterocycles. The molecular weight excluding hydrogens is 899 g/mol. The zero-order valence-electron chi connectivity index (χ0n) is 49.4. The number of amides is 1. The Morgan fingerprint density at radius 3 is 0.986 bits per heavy atom. The second-order valence-corrected chi connectivity index (χ2v) is 22.8. The summed E-state index contributed by atoms with van der Waals surface area (Å²) in [6.45, 7) is 4.95. The number of hydrogen-bond donors (Lipinski definition) is 3. The van der Waals surface area contributed by atoms with Crippen LogP contribution in [0.1, 0.15) is 367 Å². The third kappa shape index (κ3) is 59.4. The van der Waals surface area contributed by atoms with Crippen LogP contribution in [0, 0.1) is 0 Å². The van der Waals surface area contributed by atoms with Crippen LogP contribution >= 0.6 is 0 Å². The first-order chi connectivity index (χ1) is 36.0. The van der Waals surface area contributed by atoms with Crippen molar-refractivity contribution < 1.29 is 24.5 Å².